The zero-order chi connectivity index (χ0) is 18.5. The third kappa shape index (κ3) is 3.86. The van der Waals surface area contributed by atoms with Crippen molar-refractivity contribution in [1.29, 1.82) is 0 Å². The van der Waals surface area contributed by atoms with Crippen LogP contribution in [0, 0.1) is 13.8 Å². The number of aryl methyl sites for hydroxylation is 2. The summed E-state index contributed by atoms with van der Waals surface area (Å²) in [6.45, 7) is 7.95. The van der Waals surface area contributed by atoms with Gasteiger partial charge in [0.15, 0.2) is 0 Å². The van der Waals surface area contributed by atoms with E-state index >= 15 is 0 Å². The molecule has 0 unspecified atom stereocenters. The van der Waals surface area contributed by atoms with E-state index in [-0.39, 0.29) is 0 Å². The first-order chi connectivity index (χ1) is 12.6. The van der Waals surface area contributed by atoms with Crippen molar-refractivity contribution in [1.82, 2.24) is 9.78 Å². The lowest BCUT2D eigenvalue weighted by molar-refractivity contribution is 0.410. The molecule has 0 saturated heterocycles. The van der Waals surface area contributed by atoms with E-state index in [1.54, 1.807) is 24.1 Å². The molecule has 0 aliphatic rings. The second-order valence-electron chi connectivity index (χ2n) is 6.00. The zero-order valence-electron chi connectivity index (χ0n) is 15.3. The highest BCUT2D eigenvalue weighted by atomic mass is 16.5. The highest BCUT2D eigenvalue weighted by molar-refractivity contribution is 5.67. The van der Waals surface area contributed by atoms with Crippen molar-refractivity contribution >= 4 is 5.76 Å². The quantitative estimate of drug-likeness (QED) is 0.460. The molecule has 0 spiro atoms. The van der Waals surface area contributed by atoms with E-state index in [1.165, 1.54) is 5.56 Å². The van der Waals surface area contributed by atoms with Gasteiger partial charge in [-0.15, -0.1) is 0 Å². The molecule has 3 rings (SSSR count). The first kappa shape index (κ1) is 17.5. The lowest BCUT2D eigenvalue weighted by Crippen LogP contribution is -2.01. The van der Waals surface area contributed by atoms with Gasteiger partial charge < -0.3 is 9.47 Å². The second-order valence-corrected chi connectivity index (χ2v) is 6.00. The summed E-state index contributed by atoms with van der Waals surface area (Å²) >= 11 is 0. The number of methoxy groups -OCH3 is 1. The number of rotatable bonds is 6. The topological polar surface area (TPSA) is 36.3 Å². The van der Waals surface area contributed by atoms with Crippen molar-refractivity contribution in [3.8, 4) is 17.2 Å². The summed E-state index contributed by atoms with van der Waals surface area (Å²) in [6, 6.07) is 13.9. The van der Waals surface area contributed by atoms with Crippen LogP contribution < -0.4 is 9.47 Å². The molecule has 4 heteroatoms. The van der Waals surface area contributed by atoms with Crippen LogP contribution in [0.5, 0.6) is 11.5 Å². The van der Waals surface area contributed by atoms with E-state index in [0.717, 1.165) is 22.6 Å². The van der Waals surface area contributed by atoms with Crippen molar-refractivity contribution in [2.45, 2.75) is 13.8 Å². The molecular formula is C22H22N2O2. The summed E-state index contributed by atoms with van der Waals surface area (Å²) in [5.74, 6) is 2.11. The van der Waals surface area contributed by atoms with Gasteiger partial charge in [0.1, 0.15) is 17.3 Å². The van der Waals surface area contributed by atoms with Crippen molar-refractivity contribution in [3.05, 3.63) is 90.3 Å². The molecule has 4 nitrogen and oxygen atoms in total. The Hall–Kier alpha value is -3.27. The number of aromatic nitrogens is 2. The van der Waals surface area contributed by atoms with Crippen LogP contribution in [0.2, 0.25) is 0 Å². The summed E-state index contributed by atoms with van der Waals surface area (Å²) in [5.41, 5.74) is 4.21. The number of hydrogen-bond donors (Lipinski definition) is 0. The fourth-order valence-corrected chi connectivity index (χ4v) is 2.70. The predicted molar refractivity (Wildman–Crippen MR) is 105 cm³/mol. The normalized spacial score (nSPS) is 11.3. The van der Waals surface area contributed by atoms with E-state index in [0.29, 0.717) is 11.5 Å². The maximum Gasteiger partial charge on any atom is 0.134 e. The first-order valence-corrected chi connectivity index (χ1v) is 8.38. The number of nitrogens with zero attached hydrogens (tertiary/aromatic N) is 2. The maximum atomic E-state index is 6.23. The average Bonchev–Trinajstić information content (AvgIpc) is 3.18. The molecule has 0 saturated carbocycles. The molecule has 0 aliphatic carbocycles. The Bertz CT molecular complexity index is 941. The molecular weight excluding hydrogens is 324 g/mol. The van der Waals surface area contributed by atoms with Gasteiger partial charge in [0.05, 0.1) is 12.8 Å². The lowest BCUT2D eigenvalue weighted by atomic mass is 10.0. The molecule has 0 amide bonds. The summed E-state index contributed by atoms with van der Waals surface area (Å²) in [6.07, 6.45) is 7.21. The predicted octanol–water partition coefficient (Wildman–Crippen LogP) is 5.10. The Balaban J connectivity index is 2.02. The monoisotopic (exact) mass is 346 g/mol. The maximum absolute atomic E-state index is 6.23. The molecule has 0 atom stereocenters. The fourth-order valence-electron chi connectivity index (χ4n) is 2.70. The Morgan fingerprint density at radius 2 is 1.92 bits per heavy atom. The van der Waals surface area contributed by atoms with Gasteiger partial charge in [-0.1, -0.05) is 30.4 Å². The number of hydrogen-bond acceptors (Lipinski definition) is 3. The van der Waals surface area contributed by atoms with Crippen molar-refractivity contribution in [2.75, 3.05) is 7.11 Å². The summed E-state index contributed by atoms with van der Waals surface area (Å²) in [7, 11) is 1.64. The minimum atomic E-state index is 0.670. The Labute approximate surface area is 154 Å². The van der Waals surface area contributed by atoms with Gasteiger partial charge in [-0.05, 0) is 37.6 Å². The SMILES string of the molecule is C=C/C=C(/Oc1cc(OC)cc(-n2cccn2)c1)c1cc(C)ccc1C. The van der Waals surface area contributed by atoms with Gasteiger partial charge in [0.25, 0.3) is 0 Å². The second kappa shape index (κ2) is 7.74. The molecule has 132 valence electrons. The molecule has 0 aliphatic heterocycles. The molecule has 3 aromatic rings. The standard InChI is InChI=1S/C22H22N2O2/c1-5-7-22(21-12-16(2)8-9-17(21)3)26-20-14-18(13-19(15-20)25-4)24-11-6-10-23-24/h5-15H,1H2,2-4H3/b22-7+. The van der Waals surface area contributed by atoms with Crippen molar-refractivity contribution in [2.24, 2.45) is 0 Å². The van der Waals surface area contributed by atoms with Gasteiger partial charge in [0.2, 0.25) is 0 Å². The van der Waals surface area contributed by atoms with E-state index in [4.69, 9.17) is 9.47 Å². The largest absolute Gasteiger partial charge is 0.497 e. The van der Waals surface area contributed by atoms with Crippen molar-refractivity contribution in [3.63, 3.8) is 0 Å². The highest BCUT2D eigenvalue weighted by Gasteiger charge is 2.11. The van der Waals surface area contributed by atoms with Crippen molar-refractivity contribution < 1.29 is 9.47 Å². The van der Waals surface area contributed by atoms with Gasteiger partial charge in [-0.2, -0.15) is 5.10 Å². The number of ether oxygens (including phenoxy) is 2. The first-order valence-electron chi connectivity index (χ1n) is 8.38. The number of benzene rings is 2. The van der Waals surface area contributed by atoms with Gasteiger partial charge in [0, 0.05) is 36.2 Å². The summed E-state index contributed by atoms with van der Waals surface area (Å²) in [5, 5.41) is 4.28. The average molecular weight is 346 g/mol. The van der Waals surface area contributed by atoms with Gasteiger partial charge in [-0.3, -0.25) is 0 Å². The fraction of sp³-hybridized carbons (Fsp3) is 0.136. The van der Waals surface area contributed by atoms with E-state index < -0.39 is 0 Å². The highest BCUT2D eigenvalue weighted by Crippen LogP contribution is 2.30. The van der Waals surface area contributed by atoms with E-state index in [2.05, 4.69) is 43.7 Å². The van der Waals surface area contributed by atoms with Crippen LogP contribution in [-0.2, 0) is 0 Å². The molecule has 2 aromatic carbocycles. The molecule has 0 fully saturated rings. The molecule has 26 heavy (non-hydrogen) atoms. The van der Waals surface area contributed by atoms with Crippen LogP contribution in [0.4, 0.5) is 0 Å². The van der Waals surface area contributed by atoms with Crippen LogP contribution in [0.3, 0.4) is 0 Å². The molecule has 0 N–H and O–H groups in total. The smallest absolute Gasteiger partial charge is 0.134 e. The van der Waals surface area contributed by atoms with Gasteiger partial charge in [-0.25, -0.2) is 4.68 Å². The van der Waals surface area contributed by atoms with Crippen LogP contribution >= 0.6 is 0 Å². The molecule has 1 heterocycles. The molecule has 1 aromatic heterocycles. The third-order valence-corrected chi connectivity index (χ3v) is 4.03. The van der Waals surface area contributed by atoms with E-state index in [1.807, 2.05) is 36.5 Å². The summed E-state index contributed by atoms with van der Waals surface area (Å²) < 4.78 is 13.4. The Morgan fingerprint density at radius 1 is 1.12 bits per heavy atom. The van der Waals surface area contributed by atoms with Gasteiger partial charge >= 0.3 is 0 Å². The minimum absolute atomic E-state index is 0.670. The molecule has 0 radical (unpaired) electrons. The van der Waals surface area contributed by atoms with Crippen LogP contribution in [0.1, 0.15) is 16.7 Å². The summed E-state index contributed by atoms with van der Waals surface area (Å²) in [4.78, 5) is 0. The van der Waals surface area contributed by atoms with Crippen LogP contribution in [0.25, 0.3) is 11.4 Å². The Morgan fingerprint density at radius 3 is 2.62 bits per heavy atom. The van der Waals surface area contributed by atoms with Crippen LogP contribution in [0.15, 0.2) is 73.6 Å². The lowest BCUT2D eigenvalue weighted by Gasteiger charge is -2.15. The Kier molecular flexibility index (Phi) is 5.23. The molecule has 0 bridgehead atoms. The minimum Gasteiger partial charge on any atom is -0.497 e. The van der Waals surface area contributed by atoms with E-state index in [9.17, 15) is 0 Å². The van der Waals surface area contributed by atoms with Crippen LogP contribution in [-0.4, -0.2) is 16.9 Å². The zero-order valence-corrected chi connectivity index (χ0v) is 15.3. The number of allylic oxidation sites excluding steroid dienone is 2. The third-order valence-electron chi connectivity index (χ3n) is 4.03.